The lowest BCUT2D eigenvalue weighted by atomic mass is 9.79. The van der Waals surface area contributed by atoms with Crippen molar-refractivity contribution in [3.05, 3.63) is 18.7 Å². The molecule has 2 rings (SSSR count). The van der Waals surface area contributed by atoms with Crippen LogP contribution in [0, 0.1) is 5.92 Å². The Hall–Kier alpha value is -1.40. The van der Waals surface area contributed by atoms with Gasteiger partial charge in [-0.3, -0.25) is 4.79 Å². The number of nitrogens with zero attached hydrogens (tertiary/aromatic N) is 2. The predicted molar refractivity (Wildman–Crippen MR) is 69.6 cm³/mol. The van der Waals surface area contributed by atoms with E-state index in [4.69, 9.17) is 5.11 Å². The van der Waals surface area contributed by atoms with Crippen LogP contribution in [0.1, 0.15) is 25.7 Å². The summed E-state index contributed by atoms with van der Waals surface area (Å²) in [5.41, 5.74) is -0.749. The van der Waals surface area contributed by atoms with Gasteiger partial charge in [0.05, 0.1) is 17.8 Å². The normalized spacial score (nSPS) is 27.3. The van der Waals surface area contributed by atoms with Crippen LogP contribution in [0.2, 0.25) is 0 Å². The van der Waals surface area contributed by atoms with Crippen molar-refractivity contribution in [2.24, 2.45) is 5.92 Å². The largest absolute Gasteiger partial charge is 0.481 e. The Morgan fingerprint density at radius 2 is 2.21 bits per heavy atom. The van der Waals surface area contributed by atoms with Gasteiger partial charge in [0.15, 0.2) is 0 Å². The monoisotopic (exact) mass is 267 g/mol. The van der Waals surface area contributed by atoms with Gasteiger partial charge in [-0.2, -0.15) is 0 Å². The number of aliphatic hydroxyl groups is 1. The van der Waals surface area contributed by atoms with Crippen molar-refractivity contribution >= 4 is 5.97 Å². The smallest absolute Gasteiger partial charge is 0.306 e. The number of imidazole rings is 1. The third-order valence-corrected chi connectivity index (χ3v) is 3.83. The van der Waals surface area contributed by atoms with Gasteiger partial charge in [0.25, 0.3) is 0 Å². The van der Waals surface area contributed by atoms with Crippen LogP contribution in [0.5, 0.6) is 0 Å². The summed E-state index contributed by atoms with van der Waals surface area (Å²) in [4.78, 5) is 14.8. The van der Waals surface area contributed by atoms with Gasteiger partial charge in [-0.05, 0) is 25.7 Å². The molecule has 106 valence electrons. The van der Waals surface area contributed by atoms with Crippen molar-refractivity contribution in [1.82, 2.24) is 14.9 Å². The second-order valence-corrected chi connectivity index (χ2v) is 5.31. The molecule has 1 aromatic rings. The van der Waals surface area contributed by atoms with Crippen LogP contribution in [0.25, 0.3) is 0 Å². The van der Waals surface area contributed by atoms with Crippen LogP contribution < -0.4 is 5.32 Å². The van der Waals surface area contributed by atoms with Gasteiger partial charge in [0, 0.05) is 32.0 Å². The number of rotatable bonds is 6. The maximum Gasteiger partial charge on any atom is 0.306 e. The van der Waals surface area contributed by atoms with E-state index in [0.29, 0.717) is 32.2 Å². The molecule has 6 nitrogen and oxygen atoms in total. The molecule has 19 heavy (non-hydrogen) atoms. The molecule has 1 aliphatic carbocycles. The first kappa shape index (κ1) is 14.0. The number of carbonyl (C=O) groups is 1. The van der Waals surface area contributed by atoms with Crippen LogP contribution in [-0.4, -0.2) is 44.4 Å². The number of hydrogen-bond donors (Lipinski definition) is 3. The molecule has 0 aromatic carbocycles. The molecule has 0 amide bonds. The van der Waals surface area contributed by atoms with Crippen molar-refractivity contribution in [2.75, 3.05) is 13.1 Å². The molecule has 1 aliphatic rings. The van der Waals surface area contributed by atoms with Crippen LogP contribution in [0.3, 0.4) is 0 Å². The number of hydrogen-bond acceptors (Lipinski definition) is 4. The second kappa shape index (κ2) is 6.16. The summed E-state index contributed by atoms with van der Waals surface area (Å²) in [6.07, 6.45) is 7.64. The minimum absolute atomic E-state index is 0.286. The minimum atomic E-state index is -0.749. The third-order valence-electron chi connectivity index (χ3n) is 3.83. The summed E-state index contributed by atoms with van der Waals surface area (Å²) in [5.74, 6) is -1.03. The Morgan fingerprint density at radius 1 is 1.47 bits per heavy atom. The molecule has 3 N–H and O–H groups in total. The topological polar surface area (TPSA) is 87.4 Å². The average Bonchev–Trinajstić information content (AvgIpc) is 2.88. The lowest BCUT2D eigenvalue weighted by molar-refractivity contribution is -0.144. The van der Waals surface area contributed by atoms with Gasteiger partial charge in [-0.1, -0.05) is 0 Å². The zero-order valence-corrected chi connectivity index (χ0v) is 11.0. The van der Waals surface area contributed by atoms with Crippen LogP contribution in [-0.2, 0) is 11.3 Å². The Kier molecular flexibility index (Phi) is 4.55. The highest BCUT2D eigenvalue weighted by atomic mass is 16.4. The molecule has 0 spiro atoms. The van der Waals surface area contributed by atoms with Crippen LogP contribution in [0.4, 0.5) is 0 Å². The second-order valence-electron chi connectivity index (χ2n) is 5.31. The van der Waals surface area contributed by atoms with E-state index in [1.807, 2.05) is 10.8 Å². The van der Waals surface area contributed by atoms with Gasteiger partial charge in [-0.25, -0.2) is 4.98 Å². The summed E-state index contributed by atoms with van der Waals surface area (Å²) in [7, 11) is 0. The Bertz CT molecular complexity index is 397. The maximum absolute atomic E-state index is 10.9. The van der Waals surface area contributed by atoms with E-state index in [2.05, 4.69) is 10.3 Å². The highest BCUT2D eigenvalue weighted by Crippen LogP contribution is 2.31. The molecule has 0 unspecified atom stereocenters. The molecule has 0 aliphatic heterocycles. The molecule has 0 bridgehead atoms. The zero-order chi connectivity index (χ0) is 13.7. The van der Waals surface area contributed by atoms with Crippen molar-refractivity contribution in [2.45, 2.75) is 37.8 Å². The molecule has 1 fully saturated rings. The standard InChI is InChI=1S/C13H21N3O3/c17-12(18)11-1-3-13(19,4-2-11)9-14-5-7-16-8-6-15-10-16/h6,8,10-11,14,19H,1-5,7,9H2,(H,17,18). The number of nitrogens with one attached hydrogen (secondary N) is 1. The van der Waals surface area contributed by atoms with E-state index in [1.54, 1.807) is 12.5 Å². The zero-order valence-electron chi connectivity index (χ0n) is 11.0. The van der Waals surface area contributed by atoms with Gasteiger partial charge < -0.3 is 20.1 Å². The van der Waals surface area contributed by atoms with Crippen LogP contribution >= 0.6 is 0 Å². The Morgan fingerprint density at radius 3 is 2.79 bits per heavy atom. The number of aliphatic carboxylic acids is 1. The average molecular weight is 267 g/mol. The van der Waals surface area contributed by atoms with Crippen molar-refractivity contribution in [1.29, 1.82) is 0 Å². The van der Waals surface area contributed by atoms with E-state index in [-0.39, 0.29) is 5.92 Å². The highest BCUT2D eigenvalue weighted by Gasteiger charge is 2.35. The van der Waals surface area contributed by atoms with E-state index >= 15 is 0 Å². The first-order chi connectivity index (χ1) is 9.09. The molecule has 6 heteroatoms. The summed E-state index contributed by atoms with van der Waals surface area (Å²) in [5, 5.41) is 22.5. The summed E-state index contributed by atoms with van der Waals surface area (Å²) in [6.45, 7) is 2.10. The van der Waals surface area contributed by atoms with Crippen LogP contribution in [0.15, 0.2) is 18.7 Å². The lowest BCUT2D eigenvalue weighted by Gasteiger charge is -2.34. The Labute approximate surface area is 112 Å². The number of carboxylic acid groups (broad SMARTS) is 1. The SMILES string of the molecule is O=C(O)C1CCC(O)(CNCCn2ccnc2)CC1. The fourth-order valence-corrected chi connectivity index (χ4v) is 2.53. The highest BCUT2D eigenvalue weighted by molar-refractivity contribution is 5.70. The van der Waals surface area contributed by atoms with Gasteiger partial charge in [-0.15, -0.1) is 0 Å². The molecule has 1 aromatic heterocycles. The lowest BCUT2D eigenvalue weighted by Crippen LogP contribution is -2.45. The summed E-state index contributed by atoms with van der Waals surface area (Å²) in [6, 6.07) is 0. The van der Waals surface area contributed by atoms with Crippen molar-refractivity contribution < 1.29 is 15.0 Å². The van der Waals surface area contributed by atoms with E-state index in [9.17, 15) is 9.90 Å². The van der Waals surface area contributed by atoms with E-state index in [0.717, 1.165) is 13.1 Å². The molecule has 1 saturated carbocycles. The van der Waals surface area contributed by atoms with Crippen molar-refractivity contribution in [3.8, 4) is 0 Å². The Balaban J connectivity index is 1.66. The number of aromatic nitrogens is 2. The van der Waals surface area contributed by atoms with E-state index in [1.165, 1.54) is 0 Å². The number of carboxylic acids is 1. The van der Waals surface area contributed by atoms with Crippen molar-refractivity contribution in [3.63, 3.8) is 0 Å². The first-order valence-electron chi connectivity index (χ1n) is 6.71. The summed E-state index contributed by atoms with van der Waals surface area (Å²) >= 11 is 0. The maximum atomic E-state index is 10.9. The molecule has 1 heterocycles. The predicted octanol–water partition coefficient (Wildman–Crippen LogP) is 0.479. The van der Waals surface area contributed by atoms with Gasteiger partial charge in [0.1, 0.15) is 0 Å². The van der Waals surface area contributed by atoms with Gasteiger partial charge >= 0.3 is 5.97 Å². The molecule has 0 atom stereocenters. The van der Waals surface area contributed by atoms with Gasteiger partial charge in [0.2, 0.25) is 0 Å². The van der Waals surface area contributed by atoms with E-state index < -0.39 is 11.6 Å². The first-order valence-corrected chi connectivity index (χ1v) is 6.71. The fraction of sp³-hybridized carbons (Fsp3) is 0.692. The fourth-order valence-electron chi connectivity index (χ4n) is 2.53. The third kappa shape index (κ3) is 4.04. The molecule has 0 radical (unpaired) electrons. The quantitative estimate of drug-likeness (QED) is 0.652. The minimum Gasteiger partial charge on any atom is -0.481 e. The molecule has 0 saturated heterocycles. The molecular formula is C13H21N3O3. The molecular weight excluding hydrogens is 246 g/mol. The summed E-state index contributed by atoms with van der Waals surface area (Å²) < 4.78 is 1.97.